The van der Waals surface area contributed by atoms with Crippen LogP contribution < -0.4 is 15.1 Å². The smallest absolute Gasteiger partial charge is 0.362 e. The van der Waals surface area contributed by atoms with E-state index in [1.54, 1.807) is 5.32 Å². The Balaban J connectivity index is 1.18. The molecule has 1 aromatic heterocycles. The molecule has 3 aromatic carbocycles. The van der Waals surface area contributed by atoms with E-state index in [1.165, 1.54) is 5.56 Å². The second-order valence-corrected chi connectivity index (χ2v) is 10.7. The number of fused-ring (bicyclic) bond motifs is 1. The second kappa shape index (κ2) is 10.9. The number of quaternary nitrogens is 1. The summed E-state index contributed by atoms with van der Waals surface area (Å²) in [7, 11) is 3.83. The molecule has 1 fully saturated rings. The van der Waals surface area contributed by atoms with E-state index >= 15 is 0 Å². The molecule has 2 N–H and O–H groups in total. The average molecular weight is 530 g/mol. The Hall–Kier alpha value is -4.51. The number of primary amides is 1. The number of amides is 2. The SMILES string of the molecule is CN(C)c1nc(-c2ccc(CN3CCC(N4C(=O)[NH2+]c5ccccc54)CC3)cc2)c(-c2ccccc2)cc1C#N. The lowest BCUT2D eigenvalue weighted by molar-refractivity contribution is -0.454. The molecule has 0 bridgehead atoms. The molecule has 0 saturated carbocycles. The fraction of sp³-hybridized carbons (Fsp3) is 0.242. The van der Waals surface area contributed by atoms with Crippen molar-refractivity contribution in [2.75, 3.05) is 37.0 Å². The number of hydrogen-bond donors (Lipinski definition) is 1. The van der Waals surface area contributed by atoms with Crippen LogP contribution in [0.3, 0.4) is 0 Å². The van der Waals surface area contributed by atoms with Crippen LogP contribution in [0.1, 0.15) is 24.0 Å². The molecule has 2 aliphatic rings. The molecule has 1 saturated heterocycles. The molecule has 3 heterocycles. The van der Waals surface area contributed by atoms with Gasteiger partial charge in [0.2, 0.25) is 0 Å². The molecule has 0 aliphatic carbocycles. The monoisotopic (exact) mass is 529 g/mol. The third-order valence-corrected chi connectivity index (χ3v) is 7.90. The van der Waals surface area contributed by atoms with Crippen molar-refractivity contribution in [2.24, 2.45) is 0 Å². The first-order valence-corrected chi connectivity index (χ1v) is 13.8. The van der Waals surface area contributed by atoms with Gasteiger partial charge in [-0.1, -0.05) is 66.7 Å². The Labute approximate surface area is 235 Å². The summed E-state index contributed by atoms with van der Waals surface area (Å²) in [4.78, 5) is 24.0. The highest BCUT2D eigenvalue weighted by atomic mass is 16.2. The zero-order valence-corrected chi connectivity index (χ0v) is 22.9. The van der Waals surface area contributed by atoms with Crippen molar-refractivity contribution in [3.8, 4) is 28.5 Å². The van der Waals surface area contributed by atoms with Gasteiger partial charge in [0, 0.05) is 57.0 Å². The van der Waals surface area contributed by atoms with Gasteiger partial charge in [0.25, 0.3) is 0 Å². The summed E-state index contributed by atoms with van der Waals surface area (Å²) in [6, 6.07) is 31.4. The molecule has 40 heavy (non-hydrogen) atoms. The molecular formula is C33H33N6O+. The normalized spacial score (nSPS) is 15.6. The summed E-state index contributed by atoms with van der Waals surface area (Å²) in [5.74, 6) is 0.667. The van der Waals surface area contributed by atoms with Crippen molar-refractivity contribution in [2.45, 2.75) is 25.4 Å². The van der Waals surface area contributed by atoms with Gasteiger partial charge in [-0.3, -0.25) is 9.80 Å². The van der Waals surface area contributed by atoms with Crippen LogP contribution in [0.5, 0.6) is 0 Å². The van der Waals surface area contributed by atoms with Gasteiger partial charge in [-0.2, -0.15) is 5.26 Å². The highest BCUT2D eigenvalue weighted by Crippen LogP contribution is 2.35. The minimum absolute atomic E-state index is 0.110. The van der Waals surface area contributed by atoms with Crippen LogP contribution in [0.25, 0.3) is 22.4 Å². The van der Waals surface area contributed by atoms with Gasteiger partial charge < -0.3 is 4.90 Å². The number of urea groups is 1. The fourth-order valence-corrected chi connectivity index (χ4v) is 5.87. The minimum Gasteiger partial charge on any atom is -0.362 e. The Morgan fingerprint density at radius 2 is 1.65 bits per heavy atom. The van der Waals surface area contributed by atoms with Crippen LogP contribution in [0, 0.1) is 11.3 Å². The van der Waals surface area contributed by atoms with E-state index in [9.17, 15) is 10.1 Å². The Morgan fingerprint density at radius 3 is 2.35 bits per heavy atom. The molecule has 0 radical (unpaired) electrons. The van der Waals surface area contributed by atoms with Gasteiger partial charge in [0.1, 0.15) is 17.6 Å². The lowest BCUT2D eigenvalue weighted by Crippen LogP contribution is -2.82. The van der Waals surface area contributed by atoms with Gasteiger partial charge in [-0.15, -0.1) is 0 Å². The zero-order valence-electron chi connectivity index (χ0n) is 22.9. The number of pyridine rings is 1. The number of nitriles is 1. The maximum atomic E-state index is 12.7. The molecule has 0 unspecified atom stereocenters. The predicted octanol–water partition coefficient (Wildman–Crippen LogP) is 5.15. The van der Waals surface area contributed by atoms with Crippen molar-refractivity contribution < 1.29 is 10.1 Å². The number of hydrogen-bond acceptors (Lipinski definition) is 5. The number of piperidine rings is 1. The van der Waals surface area contributed by atoms with E-state index in [0.717, 1.165) is 66.2 Å². The Morgan fingerprint density at radius 1 is 0.950 bits per heavy atom. The largest absolute Gasteiger partial charge is 0.425 e. The van der Waals surface area contributed by atoms with Crippen LogP contribution >= 0.6 is 0 Å². The van der Waals surface area contributed by atoms with Gasteiger partial charge in [-0.05, 0) is 36.1 Å². The molecule has 6 rings (SSSR count). The van der Waals surface area contributed by atoms with E-state index in [-0.39, 0.29) is 12.1 Å². The van der Waals surface area contributed by atoms with E-state index in [1.807, 2.05) is 66.4 Å². The summed E-state index contributed by atoms with van der Waals surface area (Å²) in [6.07, 6.45) is 1.93. The molecule has 7 nitrogen and oxygen atoms in total. The maximum absolute atomic E-state index is 12.7. The molecular weight excluding hydrogens is 496 g/mol. The molecule has 200 valence electrons. The molecule has 0 atom stereocenters. The first-order chi connectivity index (χ1) is 19.5. The third-order valence-electron chi connectivity index (χ3n) is 7.90. The summed E-state index contributed by atoms with van der Waals surface area (Å²) < 4.78 is 0. The number of carbonyl (C=O) groups is 1. The van der Waals surface area contributed by atoms with Crippen LogP contribution in [0.2, 0.25) is 0 Å². The first-order valence-electron chi connectivity index (χ1n) is 13.8. The number of para-hydroxylation sites is 2. The number of aromatic nitrogens is 1. The minimum atomic E-state index is 0.110. The standard InChI is InChI=1S/C33H32N6O/c1-37(2)32-26(21-34)20-28(24-8-4-3-5-9-24)31(36-32)25-14-12-23(13-15-25)22-38-18-16-27(17-19-38)39-30-11-7-6-10-29(30)35-33(39)40/h3-15,20,27H,16-19,22H2,1-2H3,(H,35,40)/p+1. The van der Waals surface area contributed by atoms with Crippen LogP contribution in [0.15, 0.2) is 84.9 Å². The quantitative estimate of drug-likeness (QED) is 0.350. The first kappa shape index (κ1) is 25.8. The number of anilines is 2. The highest BCUT2D eigenvalue weighted by Gasteiger charge is 2.38. The zero-order chi connectivity index (χ0) is 27.6. The van der Waals surface area contributed by atoms with E-state index < -0.39 is 0 Å². The van der Waals surface area contributed by atoms with Crippen molar-refractivity contribution in [1.82, 2.24) is 9.88 Å². The predicted molar refractivity (Wildman–Crippen MR) is 158 cm³/mol. The van der Waals surface area contributed by atoms with Gasteiger partial charge in [-0.25, -0.2) is 15.1 Å². The van der Waals surface area contributed by atoms with Crippen molar-refractivity contribution >= 4 is 23.2 Å². The third kappa shape index (κ3) is 4.95. The van der Waals surface area contributed by atoms with Gasteiger partial charge >= 0.3 is 6.03 Å². The number of nitrogens with two attached hydrogens (primary N) is 1. The summed E-state index contributed by atoms with van der Waals surface area (Å²) >= 11 is 0. The number of carbonyl (C=O) groups excluding carboxylic acids is 1. The van der Waals surface area contributed by atoms with Gasteiger partial charge in [0.15, 0.2) is 5.69 Å². The average Bonchev–Trinajstić information content (AvgIpc) is 3.33. The number of rotatable bonds is 6. The van der Waals surface area contributed by atoms with E-state index in [4.69, 9.17) is 4.98 Å². The van der Waals surface area contributed by atoms with Crippen molar-refractivity contribution in [1.29, 1.82) is 5.26 Å². The Kier molecular flexibility index (Phi) is 7.04. The molecule has 2 aliphatic heterocycles. The molecule has 4 aromatic rings. The van der Waals surface area contributed by atoms with Crippen molar-refractivity contribution in [3.63, 3.8) is 0 Å². The molecule has 0 spiro atoms. The second-order valence-electron chi connectivity index (χ2n) is 10.7. The number of likely N-dealkylation sites (tertiary alicyclic amines) is 1. The number of nitrogens with zero attached hydrogens (tertiary/aromatic N) is 5. The Bertz CT molecular complexity index is 1570. The van der Waals surface area contributed by atoms with Crippen LogP contribution in [0.4, 0.5) is 22.0 Å². The highest BCUT2D eigenvalue weighted by molar-refractivity contribution is 5.95. The lowest BCUT2D eigenvalue weighted by atomic mass is 9.96. The van der Waals surface area contributed by atoms with E-state index in [0.29, 0.717) is 11.4 Å². The van der Waals surface area contributed by atoms with Crippen LogP contribution in [-0.4, -0.2) is 49.1 Å². The maximum Gasteiger partial charge on any atom is 0.425 e. The summed E-state index contributed by atoms with van der Waals surface area (Å²) in [6.45, 7) is 2.79. The number of benzene rings is 3. The molecule has 7 heteroatoms. The topological polar surface area (TPSA) is 80.1 Å². The van der Waals surface area contributed by atoms with Crippen LogP contribution in [-0.2, 0) is 6.54 Å². The van der Waals surface area contributed by atoms with E-state index in [2.05, 4.69) is 53.4 Å². The lowest BCUT2D eigenvalue weighted by Gasteiger charge is -2.35. The molecule has 2 amide bonds. The summed E-state index contributed by atoms with van der Waals surface area (Å²) in [5, 5.41) is 11.5. The summed E-state index contributed by atoms with van der Waals surface area (Å²) in [5.41, 5.74) is 7.77. The van der Waals surface area contributed by atoms with Gasteiger partial charge in [0.05, 0.1) is 11.3 Å². The van der Waals surface area contributed by atoms with Crippen molar-refractivity contribution in [3.05, 3.63) is 96.1 Å². The fourth-order valence-electron chi connectivity index (χ4n) is 5.87.